The van der Waals surface area contributed by atoms with Crippen molar-refractivity contribution in [2.24, 2.45) is 5.73 Å². The number of rotatable bonds is 8. The second-order valence-corrected chi connectivity index (χ2v) is 5.56. The first-order valence-corrected chi connectivity index (χ1v) is 7.85. The van der Waals surface area contributed by atoms with E-state index in [4.69, 9.17) is 15.6 Å². The third-order valence-electron chi connectivity index (χ3n) is 3.19. The number of nitrogens with two attached hydrogens (primary N) is 1. The van der Waals surface area contributed by atoms with Crippen LogP contribution in [0.3, 0.4) is 0 Å². The molecule has 0 fully saturated rings. The van der Waals surface area contributed by atoms with Gasteiger partial charge in [0.2, 0.25) is 5.91 Å². The van der Waals surface area contributed by atoms with Gasteiger partial charge < -0.3 is 15.8 Å². The largest absolute Gasteiger partial charge is 0.483 e. The molecule has 0 aliphatic heterocycles. The predicted molar refractivity (Wildman–Crippen MR) is 91.7 cm³/mol. The molecule has 9 heteroatoms. The lowest BCUT2D eigenvalue weighted by molar-refractivity contribution is -0.123. The molecule has 1 amide bonds. The van der Waals surface area contributed by atoms with Crippen LogP contribution in [-0.4, -0.2) is 42.2 Å². The molecule has 9 nitrogen and oxygen atoms in total. The van der Waals surface area contributed by atoms with Crippen LogP contribution < -0.4 is 5.73 Å². The van der Waals surface area contributed by atoms with Crippen LogP contribution in [0, 0.1) is 0 Å². The van der Waals surface area contributed by atoms with Crippen molar-refractivity contribution in [3.05, 3.63) is 41.5 Å². The van der Waals surface area contributed by atoms with Crippen molar-refractivity contribution in [3.8, 4) is 0 Å². The van der Waals surface area contributed by atoms with E-state index >= 15 is 0 Å². The molecule has 2 aromatic rings. The fourth-order valence-electron chi connectivity index (χ4n) is 2.16. The number of hydrogen-bond acceptors (Lipinski definition) is 5. The van der Waals surface area contributed by atoms with Crippen molar-refractivity contribution in [1.29, 1.82) is 0 Å². The summed E-state index contributed by atoms with van der Waals surface area (Å²) < 4.78 is 1.86. The van der Waals surface area contributed by atoms with Crippen LogP contribution in [0.15, 0.2) is 24.2 Å². The van der Waals surface area contributed by atoms with Crippen LogP contribution in [-0.2, 0) is 35.4 Å². The van der Waals surface area contributed by atoms with E-state index < -0.39 is 5.91 Å². The van der Waals surface area contributed by atoms with E-state index in [1.165, 1.54) is 5.57 Å². The SMILES string of the molecule is CC(C)=CCCc1nc(CC(N)=O)nn1CCc1cnc[nH]1.O=CO. The molecule has 2 rings (SSSR count). The molecular weight excluding hydrogens is 324 g/mol. The van der Waals surface area contributed by atoms with E-state index in [0.29, 0.717) is 12.4 Å². The Morgan fingerprint density at radius 2 is 2.12 bits per heavy atom. The summed E-state index contributed by atoms with van der Waals surface area (Å²) in [7, 11) is 0. The maximum absolute atomic E-state index is 11.0. The fraction of sp³-hybridized carbons (Fsp3) is 0.438. The summed E-state index contributed by atoms with van der Waals surface area (Å²) >= 11 is 0. The molecule has 2 heterocycles. The van der Waals surface area contributed by atoms with Gasteiger partial charge in [-0.2, -0.15) is 5.10 Å². The molecule has 2 aromatic heterocycles. The van der Waals surface area contributed by atoms with E-state index in [-0.39, 0.29) is 12.9 Å². The van der Waals surface area contributed by atoms with Crippen LogP contribution >= 0.6 is 0 Å². The minimum Gasteiger partial charge on any atom is -0.483 e. The van der Waals surface area contributed by atoms with Gasteiger partial charge in [0, 0.05) is 31.3 Å². The summed E-state index contributed by atoms with van der Waals surface area (Å²) in [4.78, 5) is 30.9. The molecule has 4 N–H and O–H groups in total. The number of carbonyl (C=O) groups is 2. The number of nitrogens with one attached hydrogen (secondary N) is 1. The third-order valence-corrected chi connectivity index (χ3v) is 3.19. The van der Waals surface area contributed by atoms with E-state index in [0.717, 1.165) is 30.8 Å². The van der Waals surface area contributed by atoms with Gasteiger partial charge in [0.05, 0.1) is 12.7 Å². The van der Waals surface area contributed by atoms with Crippen LogP contribution in [0.25, 0.3) is 0 Å². The zero-order valence-corrected chi connectivity index (χ0v) is 14.5. The van der Waals surface area contributed by atoms with Crippen LogP contribution in [0.5, 0.6) is 0 Å². The summed E-state index contributed by atoms with van der Waals surface area (Å²) in [5.41, 5.74) is 7.55. The summed E-state index contributed by atoms with van der Waals surface area (Å²) in [5, 5.41) is 11.3. The molecule has 0 bridgehead atoms. The van der Waals surface area contributed by atoms with Crippen molar-refractivity contribution in [1.82, 2.24) is 24.7 Å². The lowest BCUT2D eigenvalue weighted by Crippen LogP contribution is -2.15. The predicted octanol–water partition coefficient (Wildman–Crippen LogP) is 0.871. The number of nitrogens with zero attached hydrogens (tertiary/aromatic N) is 4. The number of aryl methyl sites for hydroxylation is 3. The van der Waals surface area contributed by atoms with Gasteiger partial charge in [-0.1, -0.05) is 11.6 Å². The smallest absolute Gasteiger partial charge is 0.290 e. The van der Waals surface area contributed by atoms with Gasteiger partial charge in [-0.25, -0.2) is 14.6 Å². The van der Waals surface area contributed by atoms with Crippen molar-refractivity contribution >= 4 is 12.4 Å². The maximum atomic E-state index is 11.0. The van der Waals surface area contributed by atoms with Gasteiger partial charge in [-0.05, 0) is 20.3 Å². The number of aromatic amines is 1. The van der Waals surface area contributed by atoms with Crippen molar-refractivity contribution < 1.29 is 14.7 Å². The Hall–Kier alpha value is -2.97. The first-order chi connectivity index (χ1) is 12.0. The minimum absolute atomic E-state index is 0.0761. The molecule has 0 aliphatic rings. The van der Waals surface area contributed by atoms with E-state index in [1.807, 2.05) is 4.68 Å². The zero-order valence-electron chi connectivity index (χ0n) is 14.5. The first-order valence-electron chi connectivity index (χ1n) is 7.85. The monoisotopic (exact) mass is 348 g/mol. The number of allylic oxidation sites excluding steroid dienone is 2. The molecule has 136 valence electrons. The van der Waals surface area contributed by atoms with Crippen molar-refractivity contribution in [2.45, 2.75) is 46.1 Å². The number of carboxylic acid groups (broad SMARTS) is 1. The number of primary amides is 1. The zero-order chi connectivity index (χ0) is 18.7. The number of carbonyl (C=O) groups excluding carboxylic acids is 1. The van der Waals surface area contributed by atoms with Gasteiger partial charge in [-0.3, -0.25) is 9.59 Å². The van der Waals surface area contributed by atoms with Gasteiger partial charge in [0.1, 0.15) is 5.82 Å². The van der Waals surface area contributed by atoms with E-state index in [9.17, 15) is 4.79 Å². The number of hydrogen-bond donors (Lipinski definition) is 3. The standard InChI is InChI=1S/C15H22N6O.CH2O2/c1-11(2)4-3-5-15-19-14(8-13(16)22)20-21(15)7-6-12-9-17-10-18-12;2-1-3/h4,9-10H,3,5-8H2,1-2H3,(H2,16,22)(H,17,18);1H,(H,2,3). The lowest BCUT2D eigenvalue weighted by atomic mass is 10.2. The van der Waals surface area contributed by atoms with Crippen LogP contribution in [0.1, 0.15) is 37.6 Å². The first kappa shape index (κ1) is 20.1. The van der Waals surface area contributed by atoms with Gasteiger partial charge in [0.15, 0.2) is 5.82 Å². The summed E-state index contributed by atoms with van der Waals surface area (Å²) in [6.07, 6.45) is 8.18. The Morgan fingerprint density at radius 1 is 1.40 bits per heavy atom. The lowest BCUT2D eigenvalue weighted by Gasteiger charge is -2.04. The Labute approximate surface area is 146 Å². The average molecular weight is 348 g/mol. The number of amides is 1. The minimum atomic E-state index is -0.415. The molecule has 0 atom stereocenters. The topological polar surface area (TPSA) is 140 Å². The van der Waals surface area contributed by atoms with Crippen molar-refractivity contribution in [2.75, 3.05) is 0 Å². The second-order valence-electron chi connectivity index (χ2n) is 5.56. The van der Waals surface area contributed by atoms with Gasteiger partial charge in [0.25, 0.3) is 6.47 Å². The molecule has 0 unspecified atom stereocenters. The number of H-pyrrole nitrogens is 1. The second kappa shape index (κ2) is 10.7. The molecular formula is C16H24N6O3. The Morgan fingerprint density at radius 3 is 2.68 bits per heavy atom. The van der Waals surface area contributed by atoms with E-state index in [2.05, 4.69) is 40.0 Å². The molecule has 0 spiro atoms. The van der Waals surface area contributed by atoms with Gasteiger partial charge >= 0.3 is 0 Å². The van der Waals surface area contributed by atoms with Crippen molar-refractivity contribution in [3.63, 3.8) is 0 Å². The Bertz CT molecular complexity index is 687. The highest BCUT2D eigenvalue weighted by molar-refractivity contribution is 5.75. The third kappa shape index (κ3) is 7.91. The summed E-state index contributed by atoms with van der Waals surface area (Å²) in [6, 6.07) is 0. The summed E-state index contributed by atoms with van der Waals surface area (Å²) in [5.74, 6) is 0.958. The highest BCUT2D eigenvalue weighted by Crippen LogP contribution is 2.07. The van der Waals surface area contributed by atoms with Crippen LogP contribution in [0.2, 0.25) is 0 Å². The summed E-state index contributed by atoms with van der Waals surface area (Å²) in [6.45, 7) is 4.58. The molecule has 0 radical (unpaired) electrons. The molecule has 25 heavy (non-hydrogen) atoms. The molecule has 0 saturated carbocycles. The fourth-order valence-corrected chi connectivity index (χ4v) is 2.16. The molecule has 0 saturated heterocycles. The van der Waals surface area contributed by atoms with Gasteiger partial charge in [-0.15, -0.1) is 0 Å². The quantitative estimate of drug-likeness (QED) is 0.478. The average Bonchev–Trinajstić information content (AvgIpc) is 3.15. The molecule has 0 aromatic carbocycles. The Kier molecular flexibility index (Phi) is 8.62. The Balaban J connectivity index is 0.000000970. The van der Waals surface area contributed by atoms with E-state index in [1.54, 1.807) is 12.5 Å². The van der Waals surface area contributed by atoms with Crippen LogP contribution in [0.4, 0.5) is 0 Å². The maximum Gasteiger partial charge on any atom is 0.290 e. The highest BCUT2D eigenvalue weighted by atomic mass is 16.3. The number of aromatic nitrogens is 5. The number of imidazole rings is 1. The molecule has 0 aliphatic carbocycles. The normalized spacial score (nSPS) is 9.84. The highest BCUT2D eigenvalue weighted by Gasteiger charge is 2.11.